The molecule has 1 atom stereocenters. The summed E-state index contributed by atoms with van der Waals surface area (Å²) >= 11 is 0. The van der Waals surface area contributed by atoms with Gasteiger partial charge in [0.1, 0.15) is 0 Å². The fourth-order valence-electron chi connectivity index (χ4n) is 3.12. The molecule has 3 heteroatoms. The standard InChI is InChI=1S/C19H22N2O/c1-21(17-12-13-20-14-17)19(22)18(15-8-4-2-5-9-15)16-10-6-3-7-11-16/h2-11,17-18,20H,12-14H2,1H3. The molecule has 0 aromatic heterocycles. The lowest BCUT2D eigenvalue weighted by molar-refractivity contribution is -0.132. The van der Waals surface area contributed by atoms with Crippen LogP contribution < -0.4 is 5.32 Å². The van der Waals surface area contributed by atoms with E-state index >= 15 is 0 Å². The molecule has 3 nitrogen and oxygen atoms in total. The molecular formula is C19H22N2O. The number of benzene rings is 2. The minimum Gasteiger partial charge on any atom is -0.341 e. The SMILES string of the molecule is CN(C(=O)C(c1ccccc1)c1ccccc1)C1CCNC1. The van der Waals surface area contributed by atoms with Gasteiger partial charge in [0.25, 0.3) is 0 Å². The van der Waals surface area contributed by atoms with E-state index in [1.807, 2.05) is 72.6 Å². The van der Waals surface area contributed by atoms with Gasteiger partial charge in [0.05, 0.1) is 5.92 Å². The van der Waals surface area contributed by atoms with Gasteiger partial charge in [-0.3, -0.25) is 4.79 Å². The highest BCUT2D eigenvalue weighted by Gasteiger charge is 2.30. The Morgan fingerprint density at radius 3 is 2.05 bits per heavy atom. The van der Waals surface area contributed by atoms with Crippen LogP contribution in [0.3, 0.4) is 0 Å². The molecule has 0 saturated carbocycles. The van der Waals surface area contributed by atoms with Crippen LogP contribution >= 0.6 is 0 Å². The van der Waals surface area contributed by atoms with E-state index in [4.69, 9.17) is 0 Å². The molecule has 0 radical (unpaired) electrons. The van der Waals surface area contributed by atoms with E-state index in [1.54, 1.807) is 0 Å². The Hall–Kier alpha value is -2.13. The van der Waals surface area contributed by atoms with Gasteiger partial charge in [0.15, 0.2) is 0 Å². The van der Waals surface area contributed by atoms with Crippen molar-refractivity contribution < 1.29 is 4.79 Å². The first-order valence-corrected chi connectivity index (χ1v) is 7.84. The number of hydrogen-bond acceptors (Lipinski definition) is 2. The average Bonchev–Trinajstić information content (AvgIpc) is 3.11. The molecule has 1 unspecified atom stereocenters. The molecule has 0 spiro atoms. The van der Waals surface area contributed by atoms with E-state index in [0.717, 1.165) is 30.6 Å². The van der Waals surface area contributed by atoms with Gasteiger partial charge in [-0.05, 0) is 24.1 Å². The third kappa shape index (κ3) is 3.04. The Labute approximate surface area is 132 Å². The van der Waals surface area contributed by atoms with Gasteiger partial charge in [0, 0.05) is 19.6 Å². The zero-order chi connectivity index (χ0) is 15.4. The number of likely N-dealkylation sites (N-methyl/N-ethyl adjacent to an activating group) is 1. The molecule has 1 amide bonds. The van der Waals surface area contributed by atoms with E-state index in [0.29, 0.717) is 6.04 Å². The van der Waals surface area contributed by atoms with Crippen LogP contribution in [0.25, 0.3) is 0 Å². The summed E-state index contributed by atoms with van der Waals surface area (Å²) in [5, 5.41) is 3.33. The summed E-state index contributed by atoms with van der Waals surface area (Å²) in [5.74, 6) is -0.0564. The van der Waals surface area contributed by atoms with Crippen LogP contribution in [0.5, 0.6) is 0 Å². The number of hydrogen-bond donors (Lipinski definition) is 1. The molecule has 3 rings (SSSR count). The zero-order valence-corrected chi connectivity index (χ0v) is 12.9. The van der Waals surface area contributed by atoms with Crippen LogP contribution in [0.15, 0.2) is 60.7 Å². The van der Waals surface area contributed by atoms with Crippen LogP contribution in [0.4, 0.5) is 0 Å². The van der Waals surface area contributed by atoms with Crippen molar-refractivity contribution >= 4 is 5.91 Å². The monoisotopic (exact) mass is 294 g/mol. The second-order valence-electron chi connectivity index (χ2n) is 5.85. The van der Waals surface area contributed by atoms with E-state index in [-0.39, 0.29) is 11.8 Å². The number of rotatable bonds is 4. The summed E-state index contributed by atoms with van der Waals surface area (Å²) in [6.45, 7) is 1.88. The second-order valence-corrected chi connectivity index (χ2v) is 5.85. The predicted octanol–water partition coefficient (Wildman–Crippen LogP) is 2.64. The highest BCUT2D eigenvalue weighted by atomic mass is 16.2. The Morgan fingerprint density at radius 2 is 1.59 bits per heavy atom. The highest BCUT2D eigenvalue weighted by molar-refractivity contribution is 5.87. The fraction of sp³-hybridized carbons (Fsp3) is 0.316. The molecular weight excluding hydrogens is 272 g/mol. The lowest BCUT2D eigenvalue weighted by Crippen LogP contribution is -2.41. The summed E-state index contributed by atoms with van der Waals surface area (Å²) in [6, 6.07) is 20.4. The van der Waals surface area contributed by atoms with E-state index in [1.165, 1.54) is 0 Å². The van der Waals surface area contributed by atoms with Crippen molar-refractivity contribution in [2.45, 2.75) is 18.4 Å². The Balaban J connectivity index is 1.93. The molecule has 1 aliphatic heterocycles. The third-order valence-electron chi connectivity index (χ3n) is 4.44. The topological polar surface area (TPSA) is 32.3 Å². The molecule has 22 heavy (non-hydrogen) atoms. The molecule has 1 fully saturated rings. The van der Waals surface area contributed by atoms with Crippen molar-refractivity contribution in [1.29, 1.82) is 0 Å². The molecule has 1 heterocycles. The third-order valence-corrected chi connectivity index (χ3v) is 4.44. The van der Waals surface area contributed by atoms with Crippen LogP contribution in [0.2, 0.25) is 0 Å². The van der Waals surface area contributed by atoms with Crippen LogP contribution in [-0.4, -0.2) is 37.0 Å². The van der Waals surface area contributed by atoms with Crippen molar-refractivity contribution in [3.8, 4) is 0 Å². The molecule has 1 aliphatic rings. The first-order chi connectivity index (χ1) is 10.8. The van der Waals surface area contributed by atoms with E-state index in [2.05, 4.69) is 5.32 Å². The number of carbonyl (C=O) groups excluding carboxylic acids is 1. The fourth-order valence-corrected chi connectivity index (χ4v) is 3.12. The molecule has 114 valence electrons. The largest absolute Gasteiger partial charge is 0.341 e. The Bertz CT molecular complexity index is 566. The average molecular weight is 294 g/mol. The minimum absolute atomic E-state index is 0.172. The van der Waals surface area contributed by atoms with E-state index < -0.39 is 0 Å². The zero-order valence-electron chi connectivity index (χ0n) is 12.9. The summed E-state index contributed by atoms with van der Waals surface area (Å²) < 4.78 is 0. The molecule has 0 bridgehead atoms. The minimum atomic E-state index is -0.229. The van der Waals surface area contributed by atoms with Gasteiger partial charge >= 0.3 is 0 Å². The first-order valence-electron chi connectivity index (χ1n) is 7.84. The van der Waals surface area contributed by atoms with Crippen molar-refractivity contribution in [3.05, 3.63) is 71.8 Å². The first kappa shape index (κ1) is 14.8. The number of carbonyl (C=O) groups is 1. The van der Waals surface area contributed by atoms with Gasteiger partial charge in [-0.1, -0.05) is 60.7 Å². The maximum Gasteiger partial charge on any atom is 0.234 e. The van der Waals surface area contributed by atoms with E-state index in [9.17, 15) is 4.79 Å². The number of nitrogens with zero attached hydrogens (tertiary/aromatic N) is 1. The maximum atomic E-state index is 13.1. The highest BCUT2D eigenvalue weighted by Crippen LogP contribution is 2.27. The van der Waals surface area contributed by atoms with Crippen LogP contribution in [-0.2, 0) is 4.79 Å². The molecule has 1 N–H and O–H groups in total. The summed E-state index contributed by atoms with van der Waals surface area (Å²) in [6.07, 6.45) is 1.03. The molecule has 2 aromatic carbocycles. The molecule has 0 aliphatic carbocycles. The summed E-state index contributed by atoms with van der Waals surface area (Å²) in [5.41, 5.74) is 2.10. The van der Waals surface area contributed by atoms with Crippen molar-refractivity contribution in [2.24, 2.45) is 0 Å². The van der Waals surface area contributed by atoms with Gasteiger partial charge in [0.2, 0.25) is 5.91 Å². The molecule has 2 aromatic rings. The predicted molar refractivity (Wildman–Crippen MR) is 88.8 cm³/mol. The van der Waals surface area contributed by atoms with Gasteiger partial charge in [-0.15, -0.1) is 0 Å². The summed E-state index contributed by atoms with van der Waals surface area (Å²) in [4.78, 5) is 15.1. The van der Waals surface area contributed by atoms with Crippen molar-refractivity contribution in [1.82, 2.24) is 10.2 Å². The van der Waals surface area contributed by atoms with Gasteiger partial charge < -0.3 is 10.2 Å². The Kier molecular flexibility index (Phi) is 4.54. The summed E-state index contributed by atoms with van der Waals surface area (Å²) in [7, 11) is 1.93. The normalized spacial score (nSPS) is 17.6. The van der Waals surface area contributed by atoms with Crippen molar-refractivity contribution in [2.75, 3.05) is 20.1 Å². The lowest BCUT2D eigenvalue weighted by Gasteiger charge is -2.29. The van der Waals surface area contributed by atoms with Crippen molar-refractivity contribution in [3.63, 3.8) is 0 Å². The molecule has 1 saturated heterocycles. The maximum absolute atomic E-state index is 13.1. The second kappa shape index (κ2) is 6.75. The van der Waals surface area contributed by atoms with Crippen LogP contribution in [0.1, 0.15) is 23.5 Å². The number of amides is 1. The lowest BCUT2D eigenvalue weighted by atomic mass is 9.89. The van der Waals surface area contributed by atoms with Crippen LogP contribution in [0, 0.1) is 0 Å². The van der Waals surface area contributed by atoms with Gasteiger partial charge in [-0.2, -0.15) is 0 Å². The number of nitrogens with one attached hydrogen (secondary N) is 1. The quantitative estimate of drug-likeness (QED) is 0.940. The van der Waals surface area contributed by atoms with Gasteiger partial charge in [-0.25, -0.2) is 0 Å². The smallest absolute Gasteiger partial charge is 0.234 e. The Morgan fingerprint density at radius 1 is 1.05 bits per heavy atom.